The molecule has 0 aliphatic rings. The first kappa shape index (κ1) is 10.7. The second kappa shape index (κ2) is 4.24. The Morgan fingerprint density at radius 1 is 1.46 bits per heavy atom. The first-order valence-corrected chi connectivity index (χ1v) is 4.32. The third-order valence-corrected chi connectivity index (χ3v) is 2.41. The SMILES string of the molecule is N[C@@H](CO)c1cc(F)c(Cl)c(Cl)c1. The van der Waals surface area contributed by atoms with Crippen LogP contribution < -0.4 is 5.73 Å². The van der Waals surface area contributed by atoms with E-state index in [2.05, 4.69) is 0 Å². The van der Waals surface area contributed by atoms with Crippen LogP contribution >= 0.6 is 23.2 Å². The van der Waals surface area contributed by atoms with Crippen LogP contribution in [-0.2, 0) is 0 Å². The van der Waals surface area contributed by atoms with Gasteiger partial charge in [-0.15, -0.1) is 0 Å². The van der Waals surface area contributed by atoms with Crippen molar-refractivity contribution >= 4 is 23.2 Å². The lowest BCUT2D eigenvalue weighted by Crippen LogP contribution is -2.14. The third kappa shape index (κ3) is 2.31. The molecule has 0 spiro atoms. The minimum Gasteiger partial charge on any atom is -0.394 e. The quantitative estimate of drug-likeness (QED) is 0.755. The lowest BCUT2D eigenvalue weighted by Gasteiger charge is -2.09. The van der Waals surface area contributed by atoms with Gasteiger partial charge in [-0.3, -0.25) is 0 Å². The van der Waals surface area contributed by atoms with E-state index in [0.29, 0.717) is 5.56 Å². The summed E-state index contributed by atoms with van der Waals surface area (Å²) in [4.78, 5) is 0. The molecule has 0 aliphatic carbocycles. The molecule has 3 N–H and O–H groups in total. The molecule has 1 atom stereocenters. The van der Waals surface area contributed by atoms with Gasteiger partial charge < -0.3 is 10.8 Å². The number of hydrogen-bond donors (Lipinski definition) is 2. The van der Waals surface area contributed by atoms with Gasteiger partial charge in [-0.05, 0) is 17.7 Å². The van der Waals surface area contributed by atoms with Gasteiger partial charge in [0.2, 0.25) is 0 Å². The van der Waals surface area contributed by atoms with Crippen molar-refractivity contribution in [1.29, 1.82) is 0 Å². The van der Waals surface area contributed by atoms with Crippen molar-refractivity contribution in [2.45, 2.75) is 6.04 Å². The van der Waals surface area contributed by atoms with Crippen LogP contribution in [0.25, 0.3) is 0 Å². The molecule has 0 saturated carbocycles. The number of aliphatic hydroxyl groups is 1. The van der Waals surface area contributed by atoms with E-state index in [4.69, 9.17) is 34.0 Å². The van der Waals surface area contributed by atoms with E-state index < -0.39 is 11.9 Å². The maximum Gasteiger partial charge on any atom is 0.143 e. The van der Waals surface area contributed by atoms with Crippen molar-refractivity contribution in [2.75, 3.05) is 6.61 Å². The summed E-state index contributed by atoms with van der Waals surface area (Å²) in [6, 6.07) is 1.97. The Labute approximate surface area is 85.1 Å². The van der Waals surface area contributed by atoms with Gasteiger partial charge in [0.05, 0.1) is 22.7 Å². The van der Waals surface area contributed by atoms with E-state index in [1.807, 2.05) is 0 Å². The van der Waals surface area contributed by atoms with Gasteiger partial charge in [0.25, 0.3) is 0 Å². The minimum absolute atomic E-state index is 0.0977. The predicted octanol–water partition coefficient (Wildman–Crippen LogP) is 2.12. The standard InChI is InChI=1S/C8H8Cl2FNO/c9-5-1-4(7(12)3-13)2-6(11)8(5)10/h1-2,7,13H,3,12H2/t7-/m0/s1. The molecule has 0 aliphatic heterocycles. The number of nitrogens with two attached hydrogens (primary N) is 1. The highest BCUT2D eigenvalue weighted by atomic mass is 35.5. The summed E-state index contributed by atoms with van der Waals surface area (Å²) in [7, 11) is 0. The molecule has 1 rings (SSSR count). The second-order valence-corrected chi connectivity index (χ2v) is 3.37. The highest BCUT2D eigenvalue weighted by Crippen LogP contribution is 2.28. The molecule has 0 amide bonds. The van der Waals surface area contributed by atoms with Gasteiger partial charge in [-0.2, -0.15) is 0 Å². The summed E-state index contributed by atoms with van der Waals surface area (Å²) < 4.78 is 13.0. The van der Waals surface area contributed by atoms with E-state index in [0.717, 1.165) is 6.07 Å². The van der Waals surface area contributed by atoms with Crippen LogP contribution in [-0.4, -0.2) is 11.7 Å². The monoisotopic (exact) mass is 223 g/mol. The summed E-state index contributed by atoms with van der Waals surface area (Å²) in [5.41, 5.74) is 5.89. The Bertz CT molecular complexity index is 296. The first-order valence-electron chi connectivity index (χ1n) is 3.57. The molecule has 0 heterocycles. The lowest BCUT2D eigenvalue weighted by atomic mass is 10.1. The number of rotatable bonds is 2. The molecule has 2 nitrogen and oxygen atoms in total. The van der Waals surface area contributed by atoms with Crippen molar-refractivity contribution in [3.63, 3.8) is 0 Å². The summed E-state index contributed by atoms with van der Waals surface area (Å²) in [6.07, 6.45) is 0. The van der Waals surface area contributed by atoms with Crippen LogP contribution in [0, 0.1) is 5.82 Å². The Kier molecular flexibility index (Phi) is 3.50. The summed E-state index contributed by atoms with van der Waals surface area (Å²) in [5.74, 6) is -0.631. The average molecular weight is 224 g/mol. The second-order valence-electron chi connectivity index (χ2n) is 2.59. The maximum absolute atomic E-state index is 13.0. The molecule has 0 saturated heterocycles. The summed E-state index contributed by atoms with van der Waals surface area (Å²) in [6.45, 7) is -0.266. The number of benzene rings is 1. The van der Waals surface area contributed by atoms with Crippen LogP contribution in [0.2, 0.25) is 10.0 Å². The Hall–Kier alpha value is -0.350. The molecule has 0 bridgehead atoms. The van der Waals surface area contributed by atoms with E-state index in [1.165, 1.54) is 6.07 Å². The maximum atomic E-state index is 13.0. The zero-order valence-electron chi connectivity index (χ0n) is 6.60. The Morgan fingerprint density at radius 2 is 2.08 bits per heavy atom. The normalized spacial score (nSPS) is 13.0. The summed E-state index contributed by atoms with van der Waals surface area (Å²) in [5, 5.41) is 8.68. The summed E-state index contributed by atoms with van der Waals surface area (Å²) >= 11 is 11.1. The van der Waals surface area contributed by atoms with Crippen LogP contribution in [0.15, 0.2) is 12.1 Å². The number of halogens is 3. The topological polar surface area (TPSA) is 46.2 Å². The first-order chi connectivity index (χ1) is 6.06. The zero-order chi connectivity index (χ0) is 10.0. The van der Waals surface area contributed by atoms with Crippen molar-refractivity contribution in [3.8, 4) is 0 Å². The minimum atomic E-state index is -0.635. The number of aliphatic hydroxyl groups excluding tert-OH is 1. The fraction of sp³-hybridized carbons (Fsp3) is 0.250. The molecule has 13 heavy (non-hydrogen) atoms. The van der Waals surface area contributed by atoms with Crippen molar-refractivity contribution in [3.05, 3.63) is 33.6 Å². The Balaban J connectivity index is 3.13. The fourth-order valence-corrected chi connectivity index (χ4v) is 1.22. The molecule has 1 aromatic rings. The third-order valence-electron chi connectivity index (χ3n) is 1.63. The molecule has 72 valence electrons. The highest BCUT2D eigenvalue weighted by molar-refractivity contribution is 6.42. The zero-order valence-corrected chi connectivity index (χ0v) is 8.11. The van der Waals surface area contributed by atoms with Gasteiger partial charge in [0.15, 0.2) is 0 Å². The molecule has 0 aromatic heterocycles. The molecular formula is C8H8Cl2FNO. The van der Waals surface area contributed by atoms with E-state index in [-0.39, 0.29) is 16.7 Å². The molecular weight excluding hydrogens is 216 g/mol. The van der Waals surface area contributed by atoms with Crippen molar-refractivity contribution < 1.29 is 9.50 Å². The molecule has 0 unspecified atom stereocenters. The predicted molar refractivity (Wildman–Crippen MR) is 50.4 cm³/mol. The van der Waals surface area contributed by atoms with E-state index in [9.17, 15) is 4.39 Å². The lowest BCUT2D eigenvalue weighted by molar-refractivity contribution is 0.268. The van der Waals surface area contributed by atoms with Gasteiger partial charge in [-0.1, -0.05) is 23.2 Å². The van der Waals surface area contributed by atoms with Crippen LogP contribution in [0.4, 0.5) is 4.39 Å². The van der Waals surface area contributed by atoms with E-state index in [1.54, 1.807) is 0 Å². The van der Waals surface area contributed by atoms with Crippen LogP contribution in [0.5, 0.6) is 0 Å². The molecule has 1 aromatic carbocycles. The van der Waals surface area contributed by atoms with Crippen LogP contribution in [0.3, 0.4) is 0 Å². The molecule has 5 heteroatoms. The van der Waals surface area contributed by atoms with Crippen molar-refractivity contribution in [2.24, 2.45) is 5.73 Å². The number of hydrogen-bond acceptors (Lipinski definition) is 2. The van der Waals surface area contributed by atoms with E-state index >= 15 is 0 Å². The Morgan fingerprint density at radius 3 is 2.54 bits per heavy atom. The van der Waals surface area contributed by atoms with Gasteiger partial charge in [0.1, 0.15) is 5.82 Å². The van der Waals surface area contributed by atoms with Crippen LogP contribution in [0.1, 0.15) is 11.6 Å². The molecule has 0 radical (unpaired) electrons. The average Bonchev–Trinajstić information content (AvgIpc) is 2.12. The van der Waals surface area contributed by atoms with Gasteiger partial charge in [-0.25, -0.2) is 4.39 Å². The van der Waals surface area contributed by atoms with Crippen molar-refractivity contribution in [1.82, 2.24) is 0 Å². The smallest absolute Gasteiger partial charge is 0.143 e. The largest absolute Gasteiger partial charge is 0.394 e. The molecule has 0 fully saturated rings. The fourth-order valence-electron chi connectivity index (χ4n) is 0.895. The van der Waals surface area contributed by atoms with Gasteiger partial charge in [0, 0.05) is 0 Å². The van der Waals surface area contributed by atoms with Gasteiger partial charge >= 0.3 is 0 Å². The highest BCUT2D eigenvalue weighted by Gasteiger charge is 2.11.